The third-order valence-corrected chi connectivity index (χ3v) is 15.6. The van der Waals surface area contributed by atoms with Crippen LogP contribution in [0.1, 0.15) is 180 Å². The van der Waals surface area contributed by atoms with E-state index in [0.717, 1.165) is 22.6 Å². The predicted octanol–water partition coefficient (Wildman–Crippen LogP) is 21.6. The summed E-state index contributed by atoms with van der Waals surface area (Å²) in [5.41, 5.74) is 22.2. The van der Waals surface area contributed by atoms with Crippen molar-refractivity contribution in [3.05, 3.63) is 192 Å². The highest BCUT2D eigenvalue weighted by atomic mass is 15.1. The van der Waals surface area contributed by atoms with Gasteiger partial charge >= 0.3 is 0 Å². The minimum atomic E-state index is -0.0000255. The van der Waals surface area contributed by atoms with Crippen LogP contribution in [0.25, 0.3) is 50.1 Å². The molecule has 71 heavy (non-hydrogen) atoms. The van der Waals surface area contributed by atoms with Crippen molar-refractivity contribution in [2.24, 2.45) is 0 Å². The summed E-state index contributed by atoms with van der Waals surface area (Å²) in [6, 6.07) is 60.4. The van der Waals surface area contributed by atoms with Crippen LogP contribution in [0.15, 0.2) is 164 Å². The molecule has 0 aliphatic heterocycles. The Morgan fingerprint density at radius 3 is 1.10 bits per heavy atom. The molecule has 1 nitrogen and oxygen atoms in total. The van der Waals surface area contributed by atoms with Crippen LogP contribution in [-0.4, -0.2) is 0 Å². The molecule has 1 aliphatic rings. The number of hydrogen-bond acceptors (Lipinski definition) is 1. The summed E-state index contributed by atoms with van der Waals surface area (Å²) >= 11 is 0. The lowest BCUT2D eigenvalue weighted by atomic mass is 9.70. The maximum absolute atomic E-state index is 4.42. The number of allylic oxidation sites excluding steroid dienone is 1. The molecule has 7 aromatic rings. The van der Waals surface area contributed by atoms with Gasteiger partial charge in [-0.3, -0.25) is 0 Å². The fourth-order valence-electron chi connectivity index (χ4n) is 11.2. The second-order valence-electron chi connectivity index (χ2n) is 23.0. The molecule has 7 aromatic carbocycles. The van der Waals surface area contributed by atoms with Crippen molar-refractivity contribution in [2.75, 3.05) is 4.90 Å². The zero-order valence-electron chi connectivity index (χ0n) is 45.1. The van der Waals surface area contributed by atoms with E-state index in [4.69, 9.17) is 0 Å². The van der Waals surface area contributed by atoms with Crippen LogP contribution in [-0.2, 0) is 16.2 Å². The van der Waals surface area contributed by atoms with Gasteiger partial charge in [0.15, 0.2) is 0 Å². The van der Waals surface area contributed by atoms with Crippen molar-refractivity contribution in [1.82, 2.24) is 0 Å². The highest BCUT2D eigenvalue weighted by Gasteiger charge is 2.42. The van der Waals surface area contributed by atoms with E-state index in [9.17, 15) is 0 Å². The molecule has 0 amide bonds. The Morgan fingerprint density at radius 1 is 0.394 bits per heavy atom. The minimum Gasteiger partial charge on any atom is -0.311 e. The monoisotopic (exact) mass is 938 g/mol. The minimum absolute atomic E-state index is 0.0000255. The van der Waals surface area contributed by atoms with Gasteiger partial charge < -0.3 is 4.90 Å². The van der Waals surface area contributed by atoms with Crippen molar-refractivity contribution in [3.63, 3.8) is 0 Å². The second kappa shape index (κ2) is 22.7. The summed E-state index contributed by atoms with van der Waals surface area (Å²) in [5, 5.41) is 0. The Balaban J connectivity index is 1.15. The molecule has 0 spiro atoms. The molecular weight excluding hydrogens is 855 g/mol. The SMILES string of the molecule is C=C(C)c1ccc2c(c1)C(CCCCCCCC)(CCCCCCCC)c1cc(-c3ccc(N(c4ccc(-c5ccc(C(C)(C)C)cc5)cc4)c4ccc(-c5ccc(C(C)(C)C)cc5)cc4)cc3)ccc1-2. The number of hydrogen-bond donors (Lipinski definition) is 0. The van der Waals surface area contributed by atoms with E-state index in [0.29, 0.717) is 0 Å². The molecular formula is C70H83N. The van der Waals surface area contributed by atoms with Gasteiger partial charge in [0.25, 0.3) is 0 Å². The molecule has 0 radical (unpaired) electrons. The van der Waals surface area contributed by atoms with Gasteiger partial charge in [-0.05, 0) is 151 Å². The first-order valence-electron chi connectivity index (χ1n) is 27.5. The molecule has 368 valence electrons. The fourth-order valence-corrected chi connectivity index (χ4v) is 11.2. The van der Waals surface area contributed by atoms with Gasteiger partial charge in [-0.15, -0.1) is 0 Å². The van der Waals surface area contributed by atoms with Crippen molar-refractivity contribution < 1.29 is 0 Å². The average molecular weight is 938 g/mol. The summed E-state index contributed by atoms with van der Waals surface area (Å²) in [6.45, 7) is 24.9. The fraction of sp³-hybridized carbons (Fsp3) is 0.371. The largest absolute Gasteiger partial charge is 0.311 e. The van der Waals surface area contributed by atoms with Gasteiger partial charge in [0, 0.05) is 22.5 Å². The van der Waals surface area contributed by atoms with Crippen LogP contribution in [0.5, 0.6) is 0 Å². The molecule has 1 heteroatoms. The van der Waals surface area contributed by atoms with Crippen molar-refractivity contribution in [3.8, 4) is 44.5 Å². The number of unbranched alkanes of at least 4 members (excludes halogenated alkanes) is 10. The van der Waals surface area contributed by atoms with Gasteiger partial charge in [0.2, 0.25) is 0 Å². The lowest BCUT2D eigenvalue weighted by molar-refractivity contribution is 0.398. The van der Waals surface area contributed by atoms with Crippen molar-refractivity contribution in [1.29, 1.82) is 0 Å². The lowest BCUT2D eigenvalue weighted by Crippen LogP contribution is -2.26. The lowest BCUT2D eigenvalue weighted by Gasteiger charge is -2.33. The van der Waals surface area contributed by atoms with Crippen LogP contribution in [0, 0.1) is 0 Å². The van der Waals surface area contributed by atoms with Crippen LogP contribution in [0.3, 0.4) is 0 Å². The Bertz CT molecular complexity index is 2710. The highest BCUT2D eigenvalue weighted by Crippen LogP contribution is 2.56. The molecule has 0 atom stereocenters. The summed E-state index contributed by atoms with van der Waals surface area (Å²) in [6.07, 6.45) is 18.2. The van der Waals surface area contributed by atoms with E-state index < -0.39 is 0 Å². The predicted molar refractivity (Wildman–Crippen MR) is 312 cm³/mol. The molecule has 0 saturated carbocycles. The highest BCUT2D eigenvalue weighted by molar-refractivity contribution is 5.86. The summed E-state index contributed by atoms with van der Waals surface area (Å²) in [4.78, 5) is 2.41. The standard InChI is InChI=1S/C70H83N/c1-11-13-15-17-19-21-47-70(48-22-20-18-16-14-12-2)66-49-57(51(3)4)33-45-64(66)65-46-34-58(50-67(65)70)56-31-43-63(44-32-56)71(61-39-27-54(28-40-61)52-23-35-59(36-24-52)68(5,6)7)62-41-29-55(30-42-62)53-25-37-60(38-26-53)69(8,9)10/h23-46,49-50H,3,11-22,47-48H2,1-2,4-10H3. The maximum Gasteiger partial charge on any atom is 0.0462 e. The first-order valence-corrected chi connectivity index (χ1v) is 27.5. The smallest absolute Gasteiger partial charge is 0.0462 e. The van der Waals surface area contributed by atoms with E-state index in [2.05, 4.69) is 232 Å². The van der Waals surface area contributed by atoms with E-state index in [-0.39, 0.29) is 16.2 Å². The number of anilines is 3. The topological polar surface area (TPSA) is 3.24 Å². The number of fused-ring (bicyclic) bond motifs is 3. The van der Waals surface area contributed by atoms with Crippen LogP contribution in [0.2, 0.25) is 0 Å². The van der Waals surface area contributed by atoms with E-state index in [1.807, 2.05) is 0 Å². The zero-order valence-corrected chi connectivity index (χ0v) is 45.1. The third-order valence-electron chi connectivity index (χ3n) is 15.6. The van der Waals surface area contributed by atoms with Gasteiger partial charge in [0.05, 0.1) is 0 Å². The molecule has 0 fully saturated rings. The Hall–Kier alpha value is -5.92. The van der Waals surface area contributed by atoms with Gasteiger partial charge in [-0.1, -0.05) is 254 Å². The molecule has 0 aromatic heterocycles. The van der Waals surface area contributed by atoms with E-state index in [1.165, 1.54) is 157 Å². The van der Waals surface area contributed by atoms with Gasteiger partial charge in [-0.25, -0.2) is 0 Å². The quantitative estimate of drug-likeness (QED) is 0.0649. The summed E-state index contributed by atoms with van der Waals surface area (Å²) in [7, 11) is 0. The van der Waals surface area contributed by atoms with Gasteiger partial charge in [0.1, 0.15) is 0 Å². The van der Waals surface area contributed by atoms with Crippen LogP contribution < -0.4 is 4.90 Å². The number of rotatable bonds is 21. The normalized spacial score (nSPS) is 13.0. The Kier molecular flexibility index (Phi) is 16.4. The molecule has 1 aliphatic carbocycles. The Morgan fingerprint density at radius 2 is 0.718 bits per heavy atom. The Labute approximate surface area is 430 Å². The van der Waals surface area contributed by atoms with Crippen LogP contribution >= 0.6 is 0 Å². The molecule has 0 unspecified atom stereocenters. The second-order valence-corrected chi connectivity index (χ2v) is 23.0. The summed E-state index contributed by atoms with van der Waals surface area (Å²) < 4.78 is 0. The van der Waals surface area contributed by atoms with E-state index in [1.54, 1.807) is 5.56 Å². The number of benzene rings is 7. The molecule has 0 saturated heterocycles. The molecule has 0 bridgehead atoms. The third kappa shape index (κ3) is 11.9. The van der Waals surface area contributed by atoms with Crippen molar-refractivity contribution in [2.45, 2.75) is 168 Å². The molecule has 0 N–H and O–H groups in total. The van der Waals surface area contributed by atoms with E-state index >= 15 is 0 Å². The van der Waals surface area contributed by atoms with Crippen molar-refractivity contribution >= 4 is 22.6 Å². The first kappa shape index (κ1) is 51.4. The molecule has 8 rings (SSSR count). The zero-order chi connectivity index (χ0) is 50.2. The first-order chi connectivity index (χ1) is 34.2. The summed E-state index contributed by atoms with van der Waals surface area (Å²) in [5.74, 6) is 0. The average Bonchev–Trinajstić information content (AvgIpc) is 3.64. The maximum atomic E-state index is 4.42. The number of nitrogens with zero attached hydrogens (tertiary/aromatic N) is 1. The van der Waals surface area contributed by atoms with Gasteiger partial charge in [-0.2, -0.15) is 0 Å². The molecule has 0 heterocycles. The van der Waals surface area contributed by atoms with Crippen LogP contribution in [0.4, 0.5) is 17.1 Å².